The van der Waals surface area contributed by atoms with Gasteiger partial charge in [-0.15, -0.1) is 0 Å². The third kappa shape index (κ3) is 2.53. The molecule has 0 aliphatic heterocycles. The Hall–Kier alpha value is -3.98. The van der Waals surface area contributed by atoms with E-state index in [1.165, 1.54) is 12.1 Å². The van der Waals surface area contributed by atoms with Gasteiger partial charge >= 0.3 is 0 Å². The number of para-hydroxylation sites is 1. The van der Waals surface area contributed by atoms with Gasteiger partial charge in [0.2, 0.25) is 0 Å². The second-order valence-corrected chi connectivity index (χ2v) is 6.67. The number of aromatic nitrogens is 2. The van der Waals surface area contributed by atoms with Crippen LogP contribution in [0.4, 0.5) is 5.82 Å². The van der Waals surface area contributed by atoms with Gasteiger partial charge < -0.3 is 20.5 Å². The van der Waals surface area contributed by atoms with E-state index < -0.39 is 0 Å². The number of nitrogen functional groups attached to an aromatic ring is 1. The molecule has 4 aromatic rings. The average molecular weight is 370 g/mol. The number of fused-ring (bicyclic) bond motifs is 1. The Bertz CT molecular complexity index is 1280. The van der Waals surface area contributed by atoms with Gasteiger partial charge in [-0.25, -0.2) is 4.98 Å². The van der Waals surface area contributed by atoms with Crippen LogP contribution in [0.15, 0.2) is 48.5 Å². The second-order valence-electron chi connectivity index (χ2n) is 6.67. The molecule has 0 atom stereocenters. The number of phenols is 2. The summed E-state index contributed by atoms with van der Waals surface area (Å²) >= 11 is 0. The number of aryl methyl sites for hydroxylation is 1. The zero-order valence-corrected chi connectivity index (χ0v) is 15.4. The van der Waals surface area contributed by atoms with Crippen molar-refractivity contribution < 1.29 is 10.2 Å². The van der Waals surface area contributed by atoms with Crippen molar-refractivity contribution in [1.29, 1.82) is 5.26 Å². The Morgan fingerprint density at radius 1 is 1.07 bits per heavy atom. The zero-order chi connectivity index (χ0) is 20.0. The van der Waals surface area contributed by atoms with E-state index in [0.717, 1.165) is 22.2 Å². The number of aromatic hydroxyl groups is 2. The maximum atomic E-state index is 9.89. The van der Waals surface area contributed by atoms with Crippen LogP contribution in [0.1, 0.15) is 11.3 Å². The highest BCUT2D eigenvalue weighted by molar-refractivity contribution is 5.98. The molecule has 0 saturated heterocycles. The van der Waals surface area contributed by atoms with E-state index in [1.54, 1.807) is 12.1 Å². The molecule has 2 aromatic carbocycles. The average Bonchev–Trinajstić information content (AvgIpc) is 2.94. The minimum atomic E-state index is -0.264. The van der Waals surface area contributed by atoms with Crippen molar-refractivity contribution in [3.63, 3.8) is 0 Å². The summed E-state index contributed by atoms with van der Waals surface area (Å²) in [5.74, 6) is -0.371. The summed E-state index contributed by atoms with van der Waals surface area (Å²) in [6.07, 6.45) is 0. The van der Waals surface area contributed by atoms with Gasteiger partial charge in [0.1, 0.15) is 17.5 Å². The molecular formula is C22H18N4O2. The molecule has 0 bridgehead atoms. The Morgan fingerprint density at radius 3 is 2.54 bits per heavy atom. The van der Waals surface area contributed by atoms with E-state index in [-0.39, 0.29) is 22.9 Å². The number of phenolic OH excluding ortho intramolecular Hbond substituents is 2. The Morgan fingerprint density at radius 2 is 1.82 bits per heavy atom. The highest BCUT2D eigenvalue weighted by Crippen LogP contribution is 2.38. The molecule has 138 valence electrons. The van der Waals surface area contributed by atoms with Crippen LogP contribution in [0.2, 0.25) is 0 Å². The van der Waals surface area contributed by atoms with Gasteiger partial charge in [0.15, 0.2) is 11.5 Å². The first-order valence-electron chi connectivity index (χ1n) is 8.69. The number of hydrogen-bond acceptors (Lipinski definition) is 5. The van der Waals surface area contributed by atoms with Crippen LogP contribution in [0.5, 0.6) is 11.5 Å². The molecule has 0 radical (unpaired) electrons. The topological polar surface area (TPSA) is 108 Å². The van der Waals surface area contributed by atoms with Crippen molar-refractivity contribution in [2.75, 3.05) is 5.73 Å². The SMILES string of the molecule is Cc1c(-c2cc(-c3ccc(O)c(O)c3)c(C#N)c(N)n2)c2ccccc2n1C. The van der Waals surface area contributed by atoms with Gasteiger partial charge in [0, 0.05) is 34.8 Å². The quantitative estimate of drug-likeness (QED) is 0.461. The molecule has 4 N–H and O–H groups in total. The summed E-state index contributed by atoms with van der Waals surface area (Å²) in [6.45, 7) is 2.01. The molecule has 2 aromatic heterocycles. The molecule has 0 aliphatic rings. The molecule has 0 aliphatic carbocycles. The summed E-state index contributed by atoms with van der Waals surface area (Å²) in [7, 11) is 1.99. The molecular weight excluding hydrogens is 352 g/mol. The largest absolute Gasteiger partial charge is 0.504 e. The van der Waals surface area contributed by atoms with Crippen molar-refractivity contribution >= 4 is 16.7 Å². The summed E-state index contributed by atoms with van der Waals surface area (Å²) in [4.78, 5) is 4.49. The van der Waals surface area contributed by atoms with Gasteiger partial charge in [-0.05, 0) is 36.8 Å². The van der Waals surface area contributed by atoms with Crippen molar-refractivity contribution in [1.82, 2.24) is 9.55 Å². The van der Waals surface area contributed by atoms with Crippen molar-refractivity contribution in [2.24, 2.45) is 7.05 Å². The summed E-state index contributed by atoms with van der Waals surface area (Å²) in [5, 5.41) is 30.1. The Labute approximate surface area is 161 Å². The molecule has 0 fully saturated rings. The number of nitrogens with two attached hydrogens (primary N) is 1. The molecule has 6 heteroatoms. The third-order valence-electron chi connectivity index (χ3n) is 5.10. The lowest BCUT2D eigenvalue weighted by atomic mass is 9.97. The van der Waals surface area contributed by atoms with E-state index in [9.17, 15) is 15.5 Å². The van der Waals surface area contributed by atoms with Gasteiger partial charge in [0.25, 0.3) is 0 Å². The van der Waals surface area contributed by atoms with Crippen LogP contribution >= 0.6 is 0 Å². The first-order chi connectivity index (χ1) is 13.4. The second kappa shape index (κ2) is 6.32. The molecule has 4 rings (SSSR count). The standard InChI is InChI=1S/C22H18N4O2/c1-12-21(14-5-3-4-6-18(14)26(12)2)17-10-15(16(11-23)22(24)25-17)13-7-8-19(27)20(28)9-13/h3-10,27-28H,1-2H3,(H2,24,25). The number of nitrogens with zero attached hydrogens (tertiary/aromatic N) is 3. The number of pyridine rings is 1. The molecule has 2 heterocycles. The Balaban J connectivity index is 2.04. The maximum absolute atomic E-state index is 9.89. The van der Waals surface area contributed by atoms with Crippen LogP contribution < -0.4 is 5.73 Å². The molecule has 0 saturated carbocycles. The van der Waals surface area contributed by atoms with Gasteiger partial charge in [0.05, 0.1) is 5.69 Å². The number of anilines is 1. The molecule has 0 spiro atoms. The molecule has 0 amide bonds. The normalized spacial score (nSPS) is 10.9. The van der Waals surface area contributed by atoms with Gasteiger partial charge in [-0.1, -0.05) is 24.3 Å². The highest BCUT2D eigenvalue weighted by atomic mass is 16.3. The smallest absolute Gasteiger partial charge is 0.158 e. The van der Waals surface area contributed by atoms with E-state index >= 15 is 0 Å². The minimum absolute atomic E-state index is 0.120. The highest BCUT2D eigenvalue weighted by Gasteiger charge is 2.19. The number of benzene rings is 2. The maximum Gasteiger partial charge on any atom is 0.158 e. The van der Waals surface area contributed by atoms with Gasteiger partial charge in [-0.2, -0.15) is 5.26 Å². The van der Waals surface area contributed by atoms with Crippen LogP contribution in [0.3, 0.4) is 0 Å². The lowest BCUT2D eigenvalue weighted by Gasteiger charge is -2.11. The van der Waals surface area contributed by atoms with E-state index in [4.69, 9.17) is 5.73 Å². The van der Waals surface area contributed by atoms with Crippen molar-refractivity contribution in [2.45, 2.75) is 6.92 Å². The van der Waals surface area contributed by atoms with E-state index in [0.29, 0.717) is 16.8 Å². The summed E-state index contributed by atoms with van der Waals surface area (Å²) in [5.41, 5.74) is 11.2. The van der Waals surface area contributed by atoms with Crippen LogP contribution in [-0.4, -0.2) is 19.8 Å². The Kier molecular flexibility index (Phi) is 3.94. The number of rotatable bonds is 2. The third-order valence-corrected chi connectivity index (χ3v) is 5.10. The van der Waals surface area contributed by atoms with E-state index in [2.05, 4.69) is 15.6 Å². The first-order valence-corrected chi connectivity index (χ1v) is 8.69. The van der Waals surface area contributed by atoms with Crippen LogP contribution in [-0.2, 0) is 7.05 Å². The number of hydrogen-bond donors (Lipinski definition) is 3. The lowest BCUT2D eigenvalue weighted by Crippen LogP contribution is -2.00. The fourth-order valence-electron chi connectivity index (χ4n) is 3.57. The fourth-order valence-corrected chi connectivity index (χ4v) is 3.57. The monoisotopic (exact) mass is 370 g/mol. The molecule has 6 nitrogen and oxygen atoms in total. The van der Waals surface area contributed by atoms with Gasteiger partial charge in [-0.3, -0.25) is 0 Å². The molecule has 0 unspecified atom stereocenters. The number of nitriles is 1. The predicted molar refractivity (Wildman–Crippen MR) is 109 cm³/mol. The zero-order valence-electron chi connectivity index (χ0n) is 15.4. The van der Waals surface area contributed by atoms with Crippen LogP contribution in [0.25, 0.3) is 33.3 Å². The minimum Gasteiger partial charge on any atom is -0.504 e. The summed E-state index contributed by atoms with van der Waals surface area (Å²) < 4.78 is 2.09. The van der Waals surface area contributed by atoms with Crippen LogP contribution in [0, 0.1) is 18.3 Å². The molecule has 28 heavy (non-hydrogen) atoms. The predicted octanol–water partition coefficient (Wildman–Crippen LogP) is 4.08. The van der Waals surface area contributed by atoms with Crippen molar-refractivity contribution in [3.05, 3.63) is 59.8 Å². The van der Waals surface area contributed by atoms with E-state index in [1.807, 2.05) is 38.2 Å². The van der Waals surface area contributed by atoms with Crippen molar-refractivity contribution in [3.8, 4) is 40.0 Å². The fraction of sp³-hybridized carbons (Fsp3) is 0.0909. The summed E-state index contributed by atoms with van der Waals surface area (Å²) in [6, 6.07) is 16.3. The lowest BCUT2D eigenvalue weighted by molar-refractivity contribution is 0.404. The first kappa shape index (κ1) is 17.4.